The number of para-hydroxylation sites is 1. The molecule has 0 unspecified atom stereocenters. The van der Waals surface area contributed by atoms with E-state index < -0.39 is 0 Å². The second-order valence-electron chi connectivity index (χ2n) is 6.61. The number of aromatic nitrogens is 1. The van der Waals surface area contributed by atoms with Gasteiger partial charge in [0.25, 0.3) is 0 Å². The highest BCUT2D eigenvalue weighted by atomic mass is 32.1. The Hall–Kier alpha value is -1.66. The normalized spacial score (nSPS) is 17.1. The molecule has 1 aromatic heterocycles. The SMILES string of the molecule is CN(CCC[C@H]1CCCO1)C(=O)NCCCc1nc2ccccc2s1. The third-order valence-corrected chi connectivity index (χ3v) is 5.67. The van der Waals surface area contributed by atoms with Crippen LogP contribution in [-0.4, -0.2) is 48.8 Å². The van der Waals surface area contributed by atoms with Crippen LogP contribution in [0.5, 0.6) is 0 Å². The number of thiazole rings is 1. The van der Waals surface area contributed by atoms with Crippen LogP contribution in [0.1, 0.15) is 37.1 Å². The van der Waals surface area contributed by atoms with Crippen molar-refractivity contribution < 1.29 is 9.53 Å². The van der Waals surface area contributed by atoms with E-state index in [1.807, 2.05) is 25.2 Å². The highest BCUT2D eigenvalue weighted by molar-refractivity contribution is 7.18. The van der Waals surface area contributed by atoms with Crippen molar-refractivity contribution in [3.8, 4) is 0 Å². The number of benzene rings is 1. The van der Waals surface area contributed by atoms with E-state index in [2.05, 4.69) is 16.4 Å². The minimum atomic E-state index is 0.0108. The molecule has 1 atom stereocenters. The number of amides is 2. The number of carbonyl (C=O) groups is 1. The molecule has 0 spiro atoms. The fourth-order valence-electron chi connectivity index (χ4n) is 3.13. The van der Waals surface area contributed by atoms with Crippen molar-refractivity contribution in [2.45, 2.75) is 44.6 Å². The standard InChI is InChI=1S/C19H27N3O2S/c1-22(13-5-7-15-8-6-14-24-15)19(23)20-12-4-11-18-21-16-9-2-3-10-17(16)25-18/h2-3,9-10,15H,4-8,11-14H2,1H3,(H,20,23)/t15-/m0/s1. The van der Waals surface area contributed by atoms with Gasteiger partial charge in [0.1, 0.15) is 0 Å². The Morgan fingerprint density at radius 2 is 2.28 bits per heavy atom. The first-order chi connectivity index (χ1) is 12.2. The number of aryl methyl sites for hydroxylation is 1. The van der Waals surface area contributed by atoms with Crippen molar-refractivity contribution in [3.63, 3.8) is 0 Å². The van der Waals surface area contributed by atoms with Crippen LogP contribution in [0.25, 0.3) is 10.2 Å². The van der Waals surface area contributed by atoms with Crippen molar-refractivity contribution in [1.82, 2.24) is 15.2 Å². The minimum Gasteiger partial charge on any atom is -0.378 e. The van der Waals surface area contributed by atoms with Crippen molar-refractivity contribution in [2.24, 2.45) is 0 Å². The molecule has 0 aliphatic carbocycles. The van der Waals surface area contributed by atoms with Crippen LogP contribution in [-0.2, 0) is 11.2 Å². The molecule has 1 aliphatic heterocycles. The van der Waals surface area contributed by atoms with Gasteiger partial charge in [-0.2, -0.15) is 0 Å². The lowest BCUT2D eigenvalue weighted by Crippen LogP contribution is -2.38. The van der Waals surface area contributed by atoms with Gasteiger partial charge in [-0.05, 0) is 44.2 Å². The van der Waals surface area contributed by atoms with Crippen LogP contribution in [0.3, 0.4) is 0 Å². The van der Waals surface area contributed by atoms with Crippen molar-refractivity contribution in [3.05, 3.63) is 29.3 Å². The molecule has 0 radical (unpaired) electrons. The first-order valence-corrected chi connectivity index (χ1v) is 9.99. The highest BCUT2D eigenvalue weighted by Gasteiger charge is 2.15. The number of ether oxygens (including phenoxy) is 1. The number of nitrogens with one attached hydrogen (secondary N) is 1. The Kier molecular flexibility index (Phi) is 6.64. The zero-order chi connectivity index (χ0) is 17.5. The van der Waals surface area contributed by atoms with E-state index in [1.165, 1.54) is 17.5 Å². The van der Waals surface area contributed by atoms with Crippen LogP contribution in [0.15, 0.2) is 24.3 Å². The first-order valence-electron chi connectivity index (χ1n) is 9.17. The fourth-order valence-corrected chi connectivity index (χ4v) is 4.14. The summed E-state index contributed by atoms with van der Waals surface area (Å²) in [6.45, 7) is 2.37. The Morgan fingerprint density at radius 3 is 3.08 bits per heavy atom. The third kappa shape index (κ3) is 5.41. The van der Waals surface area contributed by atoms with Crippen LogP contribution < -0.4 is 5.32 Å². The van der Waals surface area contributed by atoms with E-state index in [9.17, 15) is 4.79 Å². The zero-order valence-electron chi connectivity index (χ0n) is 14.9. The molecule has 25 heavy (non-hydrogen) atoms. The average Bonchev–Trinajstić information content (AvgIpc) is 3.27. The smallest absolute Gasteiger partial charge is 0.317 e. The lowest BCUT2D eigenvalue weighted by molar-refractivity contribution is 0.100. The molecule has 1 N–H and O–H groups in total. The van der Waals surface area contributed by atoms with Gasteiger partial charge >= 0.3 is 6.03 Å². The lowest BCUT2D eigenvalue weighted by atomic mass is 10.1. The molecule has 2 aromatic rings. The topological polar surface area (TPSA) is 54.5 Å². The second-order valence-corrected chi connectivity index (χ2v) is 7.72. The van der Waals surface area contributed by atoms with E-state index in [0.29, 0.717) is 12.6 Å². The summed E-state index contributed by atoms with van der Waals surface area (Å²) in [5.41, 5.74) is 1.07. The summed E-state index contributed by atoms with van der Waals surface area (Å²) in [5.74, 6) is 0. The summed E-state index contributed by atoms with van der Waals surface area (Å²) in [4.78, 5) is 18.5. The number of urea groups is 1. The number of carbonyl (C=O) groups excluding carboxylic acids is 1. The Bertz CT molecular complexity index is 649. The third-order valence-electron chi connectivity index (χ3n) is 4.57. The summed E-state index contributed by atoms with van der Waals surface area (Å²) in [5, 5.41) is 4.14. The van der Waals surface area contributed by atoms with Gasteiger partial charge < -0.3 is 15.0 Å². The maximum Gasteiger partial charge on any atom is 0.317 e. The van der Waals surface area contributed by atoms with E-state index >= 15 is 0 Å². The van der Waals surface area contributed by atoms with Crippen LogP contribution in [0.4, 0.5) is 4.79 Å². The van der Waals surface area contributed by atoms with Gasteiger partial charge in [0, 0.05) is 33.2 Å². The van der Waals surface area contributed by atoms with Crippen molar-refractivity contribution >= 4 is 27.6 Å². The molecule has 1 aromatic carbocycles. The summed E-state index contributed by atoms with van der Waals surface area (Å²) >= 11 is 1.74. The largest absolute Gasteiger partial charge is 0.378 e. The number of rotatable bonds is 8. The van der Waals surface area contributed by atoms with E-state index in [-0.39, 0.29) is 6.03 Å². The molecule has 3 rings (SSSR count). The van der Waals surface area contributed by atoms with Crippen molar-refractivity contribution in [2.75, 3.05) is 26.7 Å². The quantitative estimate of drug-likeness (QED) is 0.727. The maximum absolute atomic E-state index is 12.1. The molecular formula is C19H27N3O2S. The molecule has 2 heterocycles. The number of hydrogen-bond donors (Lipinski definition) is 1. The van der Waals surface area contributed by atoms with Crippen molar-refractivity contribution in [1.29, 1.82) is 0 Å². The highest BCUT2D eigenvalue weighted by Crippen LogP contribution is 2.22. The Labute approximate surface area is 153 Å². The first kappa shape index (κ1) is 18.1. The molecule has 1 saturated heterocycles. The van der Waals surface area contributed by atoms with Crippen LogP contribution >= 0.6 is 11.3 Å². The van der Waals surface area contributed by atoms with Gasteiger partial charge in [-0.3, -0.25) is 0 Å². The molecule has 1 aliphatic rings. The van der Waals surface area contributed by atoms with E-state index in [0.717, 1.165) is 49.4 Å². The fraction of sp³-hybridized carbons (Fsp3) is 0.579. The Morgan fingerprint density at radius 1 is 1.40 bits per heavy atom. The second kappa shape index (κ2) is 9.15. The summed E-state index contributed by atoms with van der Waals surface area (Å²) in [6.07, 6.45) is 6.62. The molecule has 6 heteroatoms. The van der Waals surface area contributed by atoms with E-state index in [4.69, 9.17) is 4.74 Å². The molecule has 1 fully saturated rings. The lowest BCUT2D eigenvalue weighted by Gasteiger charge is -2.18. The van der Waals surface area contributed by atoms with Gasteiger partial charge in [-0.15, -0.1) is 11.3 Å². The summed E-state index contributed by atoms with van der Waals surface area (Å²) in [7, 11) is 1.86. The maximum atomic E-state index is 12.1. The molecule has 0 bridgehead atoms. The summed E-state index contributed by atoms with van der Waals surface area (Å²) in [6, 6.07) is 8.21. The summed E-state index contributed by atoms with van der Waals surface area (Å²) < 4.78 is 6.84. The van der Waals surface area contributed by atoms with Crippen LogP contribution in [0, 0.1) is 0 Å². The van der Waals surface area contributed by atoms with Gasteiger partial charge in [-0.1, -0.05) is 12.1 Å². The number of fused-ring (bicyclic) bond motifs is 1. The van der Waals surface area contributed by atoms with Crippen LogP contribution in [0.2, 0.25) is 0 Å². The minimum absolute atomic E-state index is 0.0108. The van der Waals surface area contributed by atoms with Gasteiger partial charge in [-0.25, -0.2) is 9.78 Å². The molecule has 5 nitrogen and oxygen atoms in total. The molecular weight excluding hydrogens is 334 g/mol. The predicted octanol–water partition coefficient (Wildman–Crippen LogP) is 3.83. The zero-order valence-corrected chi connectivity index (χ0v) is 15.7. The van der Waals surface area contributed by atoms with Gasteiger partial charge in [0.05, 0.1) is 21.3 Å². The number of nitrogens with zero attached hydrogens (tertiary/aromatic N) is 2. The molecule has 2 amide bonds. The van der Waals surface area contributed by atoms with E-state index in [1.54, 1.807) is 16.2 Å². The Balaban J connectivity index is 1.30. The molecule has 0 saturated carbocycles. The number of hydrogen-bond acceptors (Lipinski definition) is 4. The predicted molar refractivity (Wildman–Crippen MR) is 102 cm³/mol. The molecule has 136 valence electrons. The average molecular weight is 362 g/mol. The van der Waals surface area contributed by atoms with Gasteiger partial charge in [0.15, 0.2) is 0 Å². The van der Waals surface area contributed by atoms with Gasteiger partial charge in [0.2, 0.25) is 0 Å². The monoisotopic (exact) mass is 361 g/mol.